The Hall–Kier alpha value is -1.99. The second kappa shape index (κ2) is 12.8. The molecule has 2 aliphatic rings. The molecule has 0 radical (unpaired) electrons. The number of nitrogens with two attached hydrogens (primary N) is 1. The molecule has 0 spiro atoms. The molecule has 0 saturated carbocycles. The second-order valence-corrected chi connectivity index (χ2v) is 8.29. The zero-order chi connectivity index (χ0) is 26.4. The van der Waals surface area contributed by atoms with Crippen molar-refractivity contribution >= 4 is 17.8 Å². The van der Waals surface area contributed by atoms with Gasteiger partial charge in [-0.1, -0.05) is 0 Å². The van der Waals surface area contributed by atoms with E-state index in [-0.39, 0.29) is 0 Å². The predicted octanol–water partition coefficient (Wildman–Crippen LogP) is -5.67. The molecule has 0 aromatic carbocycles. The van der Waals surface area contributed by atoms with Crippen LogP contribution in [0.25, 0.3) is 0 Å². The lowest BCUT2D eigenvalue weighted by molar-refractivity contribution is -0.303. The van der Waals surface area contributed by atoms with Gasteiger partial charge in [0.15, 0.2) is 12.6 Å². The molecule has 202 valence electrons. The van der Waals surface area contributed by atoms with Crippen molar-refractivity contribution in [2.75, 3.05) is 19.8 Å². The van der Waals surface area contributed by atoms with Gasteiger partial charge in [-0.25, -0.2) is 0 Å². The lowest BCUT2D eigenvalue weighted by Gasteiger charge is -2.45. The highest BCUT2D eigenvalue weighted by Crippen LogP contribution is 2.26. The van der Waals surface area contributed by atoms with Crippen LogP contribution >= 0.6 is 0 Å². The fourth-order valence-corrected chi connectivity index (χ4v) is 3.67. The molecule has 16 heteroatoms. The molecular weight excluding hydrogens is 478 g/mol. The van der Waals surface area contributed by atoms with Gasteiger partial charge in [0, 0.05) is 13.8 Å². The highest BCUT2D eigenvalue weighted by atomic mass is 16.7. The number of aliphatic hydroxyl groups excluding tert-OH is 5. The van der Waals surface area contributed by atoms with Gasteiger partial charge in [0.1, 0.15) is 54.7 Å². The summed E-state index contributed by atoms with van der Waals surface area (Å²) in [5, 5.41) is 64.5. The summed E-state index contributed by atoms with van der Waals surface area (Å²) in [7, 11) is 0. The van der Waals surface area contributed by atoms with Crippen LogP contribution in [0.1, 0.15) is 13.8 Å². The summed E-state index contributed by atoms with van der Waals surface area (Å²) in [6.45, 7) is 0.561. The summed E-state index contributed by atoms with van der Waals surface area (Å²) in [5.41, 5.74) is 5.42. The summed E-state index contributed by atoms with van der Waals surface area (Å²) in [6.07, 6.45) is -11.8. The van der Waals surface area contributed by atoms with Gasteiger partial charge in [-0.05, 0) is 0 Å². The molecule has 2 saturated heterocycles. The summed E-state index contributed by atoms with van der Waals surface area (Å²) < 4.78 is 21.9. The van der Waals surface area contributed by atoms with Crippen LogP contribution in [0, 0.1) is 0 Å². The molecule has 0 aliphatic carbocycles. The summed E-state index contributed by atoms with van der Waals surface area (Å²) in [5.74, 6) is -2.53. The standard InChI is InChI=1S/C19H33N3O13/c1-6(24)21-11-15(28)13(26)9(3-23)34-19(11)33-5-10-14(27)16(29)12(22-7(2)25)18(35-10)32-4-8(20)17(30)31/h8-16,18-19,23,26-29H,3-5,20H2,1-2H3,(H,21,24)(H,22,25)(H,30,31)/t8-,9+,10+,11+,12+,13+,14-,15+,16+,18-,19+/m0/s1. The third-order valence-corrected chi connectivity index (χ3v) is 5.50. The number of aliphatic carboxylic acids is 1. The van der Waals surface area contributed by atoms with Gasteiger partial charge in [0.2, 0.25) is 11.8 Å². The first-order valence-electron chi connectivity index (χ1n) is 10.8. The van der Waals surface area contributed by atoms with E-state index >= 15 is 0 Å². The largest absolute Gasteiger partial charge is 0.480 e. The molecule has 2 amide bonds. The lowest BCUT2D eigenvalue weighted by atomic mass is 9.96. The van der Waals surface area contributed by atoms with Crippen molar-refractivity contribution < 1.29 is 64.0 Å². The minimum atomic E-state index is -1.64. The number of carbonyl (C=O) groups is 3. The fourth-order valence-electron chi connectivity index (χ4n) is 3.67. The number of carboxylic acids is 1. The van der Waals surface area contributed by atoms with Crippen molar-refractivity contribution in [1.29, 1.82) is 0 Å². The van der Waals surface area contributed by atoms with Crippen molar-refractivity contribution in [3.05, 3.63) is 0 Å². The molecular formula is C19H33N3O13. The number of amides is 2. The van der Waals surface area contributed by atoms with Crippen molar-refractivity contribution in [1.82, 2.24) is 10.6 Å². The highest BCUT2D eigenvalue weighted by molar-refractivity contribution is 5.74. The number of hydrogen-bond donors (Lipinski definition) is 9. The van der Waals surface area contributed by atoms with E-state index in [9.17, 15) is 39.9 Å². The monoisotopic (exact) mass is 511 g/mol. The van der Waals surface area contributed by atoms with E-state index in [1.165, 1.54) is 0 Å². The Morgan fingerprint density at radius 2 is 1.31 bits per heavy atom. The molecule has 10 N–H and O–H groups in total. The molecule has 0 aromatic heterocycles. The molecule has 0 aromatic rings. The van der Waals surface area contributed by atoms with E-state index in [1.54, 1.807) is 0 Å². The summed E-state index contributed by atoms with van der Waals surface area (Å²) in [4.78, 5) is 34.0. The van der Waals surface area contributed by atoms with E-state index in [0.717, 1.165) is 13.8 Å². The van der Waals surface area contributed by atoms with Crippen LogP contribution in [0.15, 0.2) is 0 Å². The quantitative estimate of drug-likeness (QED) is 0.132. The zero-order valence-corrected chi connectivity index (χ0v) is 19.1. The number of aliphatic hydroxyl groups is 5. The van der Waals surface area contributed by atoms with Crippen molar-refractivity contribution in [3.63, 3.8) is 0 Å². The minimum Gasteiger partial charge on any atom is -0.480 e. The predicted molar refractivity (Wildman–Crippen MR) is 111 cm³/mol. The Morgan fingerprint density at radius 1 is 0.857 bits per heavy atom. The van der Waals surface area contributed by atoms with Gasteiger partial charge < -0.3 is 66.0 Å². The van der Waals surface area contributed by atoms with Crippen molar-refractivity contribution in [2.45, 2.75) is 81.2 Å². The Morgan fingerprint density at radius 3 is 1.77 bits per heavy atom. The normalized spacial score (nSPS) is 38.4. The first-order chi connectivity index (χ1) is 16.4. The number of nitrogens with one attached hydrogen (secondary N) is 2. The van der Waals surface area contributed by atoms with Gasteiger partial charge in [-0.15, -0.1) is 0 Å². The van der Waals surface area contributed by atoms with Gasteiger partial charge in [0.25, 0.3) is 0 Å². The first kappa shape index (κ1) is 29.2. The Balaban J connectivity index is 2.15. The smallest absolute Gasteiger partial charge is 0.322 e. The van der Waals surface area contributed by atoms with Crippen LogP contribution in [0.4, 0.5) is 0 Å². The van der Waals surface area contributed by atoms with Crippen LogP contribution in [-0.4, -0.2) is 136 Å². The SMILES string of the molecule is CC(=O)N[C@H]1[C@@H](OC[C@H](N)C(=O)O)O[C@H](CO[C@@H]2O[C@H](CO)[C@@H](O)[C@H](O)[C@H]2NC(C)=O)[C@H](O)[C@@H]1O. The number of rotatable bonds is 10. The number of hydrogen-bond acceptors (Lipinski definition) is 13. The van der Waals surface area contributed by atoms with E-state index < -0.39 is 105 Å². The minimum absolute atomic E-state index is 0.516. The topological polar surface area (TPSA) is 260 Å². The molecule has 35 heavy (non-hydrogen) atoms. The van der Waals surface area contributed by atoms with E-state index in [0.29, 0.717) is 0 Å². The second-order valence-electron chi connectivity index (χ2n) is 8.29. The Kier molecular flexibility index (Phi) is 10.7. The molecule has 2 fully saturated rings. The third-order valence-electron chi connectivity index (χ3n) is 5.50. The average Bonchev–Trinajstić information content (AvgIpc) is 2.78. The Labute approximate surface area is 199 Å². The van der Waals surface area contributed by atoms with Crippen LogP contribution in [0.5, 0.6) is 0 Å². The van der Waals surface area contributed by atoms with Crippen LogP contribution in [0.3, 0.4) is 0 Å². The van der Waals surface area contributed by atoms with Crippen molar-refractivity contribution in [2.24, 2.45) is 5.73 Å². The first-order valence-corrected chi connectivity index (χ1v) is 10.8. The van der Waals surface area contributed by atoms with Gasteiger partial charge in [-0.3, -0.25) is 14.4 Å². The maximum Gasteiger partial charge on any atom is 0.322 e. The van der Waals surface area contributed by atoms with Gasteiger partial charge >= 0.3 is 5.97 Å². The molecule has 16 nitrogen and oxygen atoms in total. The van der Waals surface area contributed by atoms with Crippen LogP contribution < -0.4 is 16.4 Å². The number of carboxylic acid groups (broad SMARTS) is 1. The van der Waals surface area contributed by atoms with Crippen LogP contribution in [0.2, 0.25) is 0 Å². The van der Waals surface area contributed by atoms with Gasteiger partial charge in [0.05, 0.1) is 19.8 Å². The Bertz CT molecular complexity index is 743. The van der Waals surface area contributed by atoms with E-state index in [2.05, 4.69) is 10.6 Å². The number of carbonyl (C=O) groups excluding carboxylic acids is 2. The van der Waals surface area contributed by atoms with E-state index in [1.807, 2.05) is 0 Å². The summed E-state index contributed by atoms with van der Waals surface area (Å²) in [6, 6.07) is -3.98. The molecule has 2 aliphatic heterocycles. The average molecular weight is 511 g/mol. The van der Waals surface area contributed by atoms with E-state index in [4.69, 9.17) is 29.8 Å². The third kappa shape index (κ3) is 7.50. The fraction of sp³-hybridized carbons (Fsp3) is 0.842. The van der Waals surface area contributed by atoms with Crippen LogP contribution in [-0.2, 0) is 33.3 Å². The molecule has 11 atom stereocenters. The summed E-state index contributed by atoms with van der Waals surface area (Å²) >= 11 is 0. The molecule has 0 unspecified atom stereocenters. The van der Waals surface area contributed by atoms with Crippen molar-refractivity contribution in [3.8, 4) is 0 Å². The maximum atomic E-state index is 11.5. The molecule has 2 rings (SSSR count). The van der Waals surface area contributed by atoms with Gasteiger partial charge in [-0.2, -0.15) is 0 Å². The maximum absolute atomic E-state index is 11.5. The lowest BCUT2D eigenvalue weighted by Crippen LogP contribution is -2.66. The molecule has 0 bridgehead atoms. The highest BCUT2D eigenvalue weighted by Gasteiger charge is 2.48. The molecule has 2 heterocycles. The zero-order valence-electron chi connectivity index (χ0n) is 19.1. The number of ether oxygens (including phenoxy) is 4.